The summed E-state index contributed by atoms with van der Waals surface area (Å²) in [5, 5.41) is 15.4. The Morgan fingerprint density at radius 2 is 0.522 bits per heavy atom. The highest BCUT2D eigenvalue weighted by atomic mass is 32.1. The smallest absolute Gasteiger partial charge is 0.0640 e. The summed E-state index contributed by atoms with van der Waals surface area (Å²) in [6, 6.07) is 128. The Morgan fingerprint density at radius 1 is 0.174 bits per heavy atom. The van der Waals surface area contributed by atoms with E-state index in [1.54, 1.807) is 0 Å². The van der Waals surface area contributed by atoms with Gasteiger partial charge < -0.3 is 9.80 Å². The molecule has 2 aromatic heterocycles. The molecule has 4 heteroatoms. The second-order valence-corrected chi connectivity index (χ2v) is 25.6. The molecule has 18 aromatic rings. The summed E-state index contributed by atoms with van der Waals surface area (Å²) in [6.07, 6.45) is 0. The fraction of sp³-hybridized carbons (Fsp3) is 0. The Kier molecular flexibility index (Phi) is 14.0. The van der Waals surface area contributed by atoms with E-state index in [4.69, 9.17) is 0 Å². The molecule has 2 heterocycles. The molecule has 92 heavy (non-hydrogen) atoms. The van der Waals surface area contributed by atoms with Crippen molar-refractivity contribution in [3.8, 4) is 44.5 Å². The lowest BCUT2D eigenvalue weighted by Gasteiger charge is -2.27. The van der Waals surface area contributed by atoms with Crippen LogP contribution in [-0.4, -0.2) is 0 Å². The van der Waals surface area contributed by atoms with Crippen molar-refractivity contribution < 1.29 is 0 Å². The van der Waals surface area contributed by atoms with Crippen molar-refractivity contribution in [2.75, 3.05) is 9.80 Å². The molecule has 0 spiro atoms. The lowest BCUT2D eigenvalue weighted by atomic mass is 9.98. The predicted molar refractivity (Wildman–Crippen MR) is 400 cm³/mol. The first kappa shape index (κ1) is 54.7. The molecule has 0 aliphatic rings. The van der Waals surface area contributed by atoms with Crippen LogP contribution in [0.2, 0.25) is 0 Å². The molecule has 0 amide bonds. The summed E-state index contributed by atoms with van der Waals surface area (Å²) in [5.74, 6) is 0. The molecule has 0 N–H and O–H groups in total. The summed E-state index contributed by atoms with van der Waals surface area (Å²) < 4.78 is 5.26. The van der Waals surface area contributed by atoms with Gasteiger partial charge in [0.25, 0.3) is 0 Å². The number of nitrogens with zero attached hydrogens (tertiary/aromatic N) is 2. The Labute approximate surface area is 542 Å². The standard InChI is InChI=1S/2C44H29NS/c1-2-10-30(11-3-1)31-20-25-35(26-21-31)45(36-27-22-34(23-28-36)38-17-8-14-32-12-4-6-15-37(32)38)42-19-9-18-40-41-29-24-33-13-5-7-16-39(33)43(41)46-44(40)42;1-2-10-30(11-3-1)35-15-8-16-38(29-35)45(37-25-22-32(23-26-37)36-21-20-31-12-4-5-14-34(31)28-36)42-19-9-18-40-41-27-24-33-13-6-7-17-39(33)43(41)46-44(40)42/h2*1-29H. The number of thiophene rings is 2. The van der Waals surface area contributed by atoms with Crippen LogP contribution in [0.15, 0.2) is 352 Å². The minimum absolute atomic E-state index is 1.13. The van der Waals surface area contributed by atoms with Crippen molar-refractivity contribution in [2.45, 2.75) is 0 Å². The lowest BCUT2D eigenvalue weighted by Crippen LogP contribution is -2.10. The number of hydrogen-bond donors (Lipinski definition) is 0. The molecular formula is C88H58N2S2. The molecule has 2 nitrogen and oxygen atoms in total. The summed E-state index contributed by atoms with van der Waals surface area (Å²) >= 11 is 3.79. The molecule has 18 rings (SSSR count). The third-order valence-corrected chi connectivity index (χ3v) is 20.7. The molecule has 0 saturated carbocycles. The van der Waals surface area contributed by atoms with Crippen LogP contribution in [-0.2, 0) is 0 Å². The molecule has 432 valence electrons. The third kappa shape index (κ3) is 10.00. The van der Waals surface area contributed by atoms with Gasteiger partial charge in [0.05, 0.1) is 20.8 Å². The van der Waals surface area contributed by atoms with Gasteiger partial charge in [-0.05, 0) is 154 Å². The van der Waals surface area contributed by atoms with E-state index >= 15 is 0 Å². The fourth-order valence-corrected chi connectivity index (χ4v) is 16.2. The molecule has 0 radical (unpaired) electrons. The summed E-state index contributed by atoms with van der Waals surface area (Å²) in [7, 11) is 0. The van der Waals surface area contributed by atoms with E-state index < -0.39 is 0 Å². The first-order chi connectivity index (χ1) is 45.6. The minimum Gasteiger partial charge on any atom is -0.309 e. The topological polar surface area (TPSA) is 6.48 Å². The zero-order valence-electron chi connectivity index (χ0n) is 50.2. The second kappa shape index (κ2) is 23.5. The first-order valence-electron chi connectivity index (χ1n) is 31.4. The lowest BCUT2D eigenvalue weighted by molar-refractivity contribution is 1.30. The molecule has 0 aliphatic heterocycles. The zero-order valence-corrected chi connectivity index (χ0v) is 51.8. The van der Waals surface area contributed by atoms with Crippen LogP contribution in [0.4, 0.5) is 34.1 Å². The molecule has 0 saturated heterocycles. The van der Waals surface area contributed by atoms with Crippen LogP contribution in [0.25, 0.3) is 128 Å². The fourth-order valence-electron chi connectivity index (χ4n) is 13.6. The SMILES string of the molecule is c1ccc(-c2ccc(N(c3ccc(-c4cccc5ccccc45)cc3)c3cccc4c3sc3c5ccccc5ccc43)cc2)cc1.c1ccc(-c2cccc(N(c3ccc(-c4ccc5ccccc5c4)cc3)c3cccc4c3sc3c5ccccc5ccc43)c2)cc1. The van der Waals surface area contributed by atoms with Crippen LogP contribution in [0.1, 0.15) is 0 Å². The van der Waals surface area contributed by atoms with Gasteiger partial charge in [0.1, 0.15) is 0 Å². The van der Waals surface area contributed by atoms with E-state index in [9.17, 15) is 0 Å². The second-order valence-electron chi connectivity index (χ2n) is 23.5. The molecule has 0 bridgehead atoms. The largest absolute Gasteiger partial charge is 0.309 e. The highest BCUT2D eigenvalue weighted by molar-refractivity contribution is 7.27. The van der Waals surface area contributed by atoms with Gasteiger partial charge in [0, 0.05) is 53.7 Å². The van der Waals surface area contributed by atoms with Crippen molar-refractivity contribution >= 4 is 140 Å². The third-order valence-electron chi connectivity index (χ3n) is 18.1. The average Bonchev–Trinajstić information content (AvgIpc) is 1.59. The number of hydrogen-bond acceptors (Lipinski definition) is 4. The number of benzene rings is 16. The van der Waals surface area contributed by atoms with Crippen molar-refractivity contribution in [1.82, 2.24) is 0 Å². The first-order valence-corrected chi connectivity index (χ1v) is 33.0. The predicted octanol–water partition coefficient (Wildman–Crippen LogP) is 26.3. The van der Waals surface area contributed by atoms with Crippen LogP contribution >= 0.6 is 22.7 Å². The maximum absolute atomic E-state index is 2.43. The Morgan fingerprint density at radius 3 is 1.09 bits per heavy atom. The Hall–Kier alpha value is -11.4. The van der Waals surface area contributed by atoms with E-state index in [2.05, 4.69) is 362 Å². The maximum atomic E-state index is 2.43. The summed E-state index contributed by atoms with van der Waals surface area (Å²) in [4.78, 5) is 4.85. The van der Waals surface area contributed by atoms with E-state index in [0.29, 0.717) is 0 Å². The molecule has 0 atom stereocenters. The number of fused-ring (bicyclic) bond motifs is 12. The van der Waals surface area contributed by atoms with Gasteiger partial charge in [-0.1, -0.05) is 285 Å². The average molecular weight is 1210 g/mol. The highest BCUT2D eigenvalue weighted by Crippen LogP contribution is 2.49. The Balaban J connectivity index is 0.000000141. The van der Waals surface area contributed by atoms with E-state index in [1.165, 1.54) is 139 Å². The van der Waals surface area contributed by atoms with Crippen molar-refractivity contribution in [3.05, 3.63) is 352 Å². The van der Waals surface area contributed by atoms with E-state index in [-0.39, 0.29) is 0 Å². The van der Waals surface area contributed by atoms with E-state index in [1.807, 2.05) is 22.7 Å². The highest BCUT2D eigenvalue weighted by Gasteiger charge is 2.22. The molecule has 0 fully saturated rings. The van der Waals surface area contributed by atoms with Gasteiger partial charge >= 0.3 is 0 Å². The van der Waals surface area contributed by atoms with Gasteiger partial charge in [-0.25, -0.2) is 0 Å². The van der Waals surface area contributed by atoms with Crippen molar-refractivity contribution in [3.63, 3.8) is 0 Å². The minimum atomic E-state index is 1.13. The van der Waals surface area contributed by atoms with Gasteiger partial charge in [0.2, 0.25) is 0 Å². The van der Waals surface area contributed by atoms with Gasteiger partial charge in [-0.3, -0.25) is 0 Å². The van der Waals surface area contributed by atoms with E-state index in [0.717, 1.165) is 22.7 Å². The zero-order chi connectivity index (χ0) is 60.9. The van der Waals surface area contributed by atoms with Gasteiger partial charge in [-0.2, -0.15) is 0 Å². The normalized spacial score (nSPS) is 11.5. The summed E-state index contributed by atoms with van der Waals surface area (Å²) in [5.41, 5.74) is 16.6. The van der Waals surface area contributed by atoms with Gasteiger partial charge in [0.15, 0.2) is 0 Å². The molecule has 16 aromatic carbocycles. The maximum Gasteiger partial charge on any atom is 0.0640 e. The quantitative estimate of drug-likeness (QED) is 0.135. The number of rotatable bonds is 10. The van der Waals surface area contributed by atoms with Crippen LogP contribution in [0.3, 0.4) is 0 Å². The molecular weight excluding hydrogens is 1150 g/mol. The monoisotopic (exact) mass is 1210 g/mol. The Bertz CT molecular complexity index is 5750. The molecule has 0 unspecified atom stereocenters. The summed E-state index contributed by atoms with van der Waals surface area (Å²) in [6.45, 7) is 0. The molecule has 0 aliphatic carbocycles. The van der Waals surface area contributed by atoms with Crippen molar-refractivity contribution in [1.29, 1.82) is 0 Å². The number of anilines is 6. The van der Waals surface area contributed by atoms with Crippen molar-refractivity contribution in [2.24, 2.45) is 0 Å². The van der Waals surface area contributed by atoms with Crippen LogP contribution < -0.4 is 9.80 Å². The van der Waals surface area contributed by atoms with Crippen LogP contribution in [0.5, 0.6) is 0 Å². The van der Waals surface area contributed by atoms with Crippen LogP contribution in [0, 0.1) is 0 Å². The van der Waals surface area contributed by atoms with Gasteiger partial charge in [-0.15, -0.1) is 22.7 Å².